The first-order valence-corrected chi connectivity index (χ1v) is 12.0. The Morgan fingerprint density at radius 2 is 1.76 bits per heavy atom. The Bertz CT molecular complexity index is 1080. The minimum absolute atomic E-state index is 0.0683. The van der Waals surface area contributed by atoms with Gasteiger partial charge in [-0.15, -0.1) is 0 Å². The summed E-state index contributed by atoms with van der Waals surface area (Å²) in [5.74, 6) is -4.56. The number of nitrogens with one attached hydrogen (secondary N) is 2. The molecule has 0 fully saturated rings. The molecule has 0 bridgehead atoms. The molecule has 0 radical (unpaired) electrons. The van der Waals surface area contributed by atoms with E-state index in [4.69, 9.17) is 17.2 Å². The smallest absolute Gasteiger partial charge is 0.247 e. The third-order valence-electron chi connectivity index (χ3n) is 4.92. The fourth-order valence-corrected chi connectivity index (χ4v) is 4.65. The van der Waals surface area contributed by atoms with E-state index in [9.17, 15) is 26.8 Å². The van der Waals surface area contributed by atoms with Crippen molar-refractivity contribution in [3.8, 4) is 0 Å². The second-order valence-electron chi connectivity index (χ2n) is 7.60. The number of sulfonamides is 1. The molecule has 2 rings (SSSR count). The van der Waals surface area contributed by atoms with Gasteiger partial charge in [0.1, 0.15) is 23.7 Å². The molecule has 2 atom stereocenters. The maximum Gasteiger partial charge on any atom is 0.247 e. The molecule has 34 heavy (non-hydrogen) atoms. The number of guanidine groups is 1. The number of amides is 2. The molecule has 0 saturated carbocycles. The third kappa shape index (κ3) is 7.92. The highest BCUT2D eigenvalue weighted by Gasteiger charge is 2.31. The van der Waals surface area contributed by atoms with Crippen LogP contribution in [0.15, 0.2) is 51.9 Å². The van der Waals surface area contributed by atoms with Crippen LogP contribution in [-0.2, 0) is 19.6 Å². The first-order valence-electron chi connectivity index (χ1n) is 10.5. The number of nitrogens with zero attached hydrogens (tertiary/aromatic N) is 1. The van der Waals surface area contributed by atoms with Crippen LogP contribution in [0.3, 0.4) is 0 Å². The van der Waals surface area contributed by atoms with Crippen molar-refractivity contribution < 1.29 is 26.8 Å². The van der Waals surface area contributed by atoms with E-state index >= 15 is 0 Å². The van der Waals surface area contributed by atoms with Gasteiger partial charge in [0.15, 0.2) is 10.9 Å². The Morgan fingerprint density at radius 1 is 1.09 bits per heavy atom. The quantitative estimate of drug-likeness (QED) is 0.157. The number of aliphatic imine (C=N–C) groups is 1. The van der Waals surface area contributed by atoms with Gasteiger partial charge in [-0.25, -0.2) is 17.2 Å². The topological polar surface area (TPSA) is 183 Å². The number of benzene rings is 1. The van der Waals surface area contributed by atoms with Crippen LogP contribution in [0.4, 0.5) is 8.78 Å². The van der Waals surface area contributed by atoms with Crippen molar-refractivity contribution in [2.75, 3.05) is 6.54 Å². The van der Waals surface area contributed by atoms with Crippen molar-refractivity contribution in [1.29, 1.82) is 0 Å². The molecule has 2 amide bonds. The molecule has 1 aromatic carbocycles. The number of primary amides is 1. The average molecular weight is 499 g/mol. The first-order chi connectivity index (χ1) is 16.0. The van der Waals surface area contributed by atoms with Crippen molar-refractivity contribution in [1.82, 2.24) is 10.0 Å². The van der Waals surface area contributed by atoms with Crippen LogP contribution in [0.2, 0.25) is 0 Å². The van der Waals surface area contributed by atoms with E-state index in [0.29, 0.717) is 0 Å². The lowest BCUT2D eigenvalue weighted by atomic mass is 9.99. The van der Waals surface area contributed by atoms with Crippen molar-refractivity contribution in [2.24, 2.45) is 22.2 Å². The van der Waals surface area contributed by atoms with Crippen LogP contribution in [-0.4, -0.2) is 44.8 Å². The van der Waals surface area contributed by atoms with Crippen LogP contribution in [0.1, 0.15) is 32.1 Å². The highest BCUT2D eigenvalue weighted by Crippen LogP contribution is 2.19. The van der Waals surface area contributed by atoms with Gasteiger partial charge in [0.25, 0.3) is 0 Å². The molecule has 0 aromatic heterocycles. The predicted molar refractivity (Wildman–Crippen MR) is 123 cm³/mol. The Hall–Kier alpha value is -3.32. The second-order valence-corrected chi connectivity index (χ2v) is 9.25. The monoisotopic (exact) mass is 498 g/mol. The summed E-state index contributed by atoms with van der Waals surface area (Å²) in [6.07, 6.45) is 7.36. The second kappa shape index (κ2) is 12.2. The van der Waals surface area contributed by atoms with Crippen LogP contribution in [0, 0.1) is 11.6 Å². The van der Waals surface area contributed by atoms with Gasteiger partial charge in [0, 0.05) is 13.0 Å². The molecule has 0 aliphatic heterocycles. The van der Waals surface area contributed by atoms with Crippen LogP contribution in [0.25, 0.3) is 0 Å². The lowest BCUT2D eigenvalue weighted by molar-refractivity contribution is -0.128. The number of nitrogens with two attached hydrogens (primary N) is 3. The van der Waals surface area contributed by atoms with Crippen molar-refractivity contribution in [3.63, 3.8) is 0 Å². The van der Waals surface area contributed by atoms with E-state index < -0.39 is 50.5 Å². The zero-order valence-corrected chi connectivity index (χ0v) is 19.2. The summed E-state index contributed by atoms with van der Waals surface area (Å²) < 4.78 is 55.6. The minimum atomic E-state index is -4.79. The predicted octanol–water partition coefficient (Wildman–Crippen LogP) is 0.302. The summed E-state index contributed by atoms with van der Waals surface area (Å²) in [6, 6.07) is -0.0538. The highest BCUT2D eigenvalue weighted by molar-refractivity contribution is 7.89. The summed E-state index contributed by atoms with van der Waals surface area (Å²) in [5, 5.41) is 2.43. The van der Waals surface area contributed by atoms with Crippen molar-refractivity contribution >= 4 is 27.8 Å². The highest BCUT2D eigenvalue weighted by atomic mass is 32.2. The van der Waals surface area contributed by atoms with Crippen LogP contribution in [0.5, 0.6) is 0 Å². The molecular weight excluding hydrogens is 470 g/mol. The molecule has 186 valence electrons. The Labute approximate surface area is 196 Å². The molecular formula is C21H28F2N6O4S. The van der Waals surface area contributed by atoms with Gasteiger partial charge < -0.3 is 22.5 Å². The standard InChI is InChI=1S/C21H28F2N6O4S/c22-14-8-4-9-15(23)18(14)34(32,33)29-16(10-5-11-27-21(25)26)20(31)28-17(19(24)30)12-13-6-2-1-3-7-13/h2,4,6-9,16-17,29H,1,3,5,10-12H2,(H2,24,30)(H,28,31)(H4,25,26,27). The number of carbonyl (C=O) groups is 2. The van der Waals surface area contributed by atoms with Crippen LogP contribution >= 0.6 is 0 Å². The van der Waals surface area contributed by atoms with E-state index in [2.05, 4.69) is 10.3 Å². The van der Waals surface area contributed by atoms with Gasteiger partial charge in [0.2, 0.25) is 21.8 Å². The molecule has 1 aromatic rings. The summed E-state index contributed by atoms with van der Waals surface area (Å²) in [7, 11) is -4.79. The van der Waals surface area contributed by atoms with E-state index in [1.807, 2.05) is 23.0 Å². The summed E-state index contributed by atoms with van der Waals surface area (Å²) in [6.45, 7) is 0.0683. The van der Waals surface area contributed by atoms with Gasteiger partial charge in [-0.2, -0.15) is 4.72 Å². The molecule has 0 spiro atoms. The Balaban J connectivity index is 2.24. The molecule has 2 unspecified atom stereocenters. The third-order valence-corrected chi connectivity index (χ3v) is 6.44. The number of rotatable bonds is 12. The van der Waals surface area contributed by atoms with Gasteiger partial charge in [-0.1, -0.05) is 24.3 Å². The summed E-state index contributed by atoms with van der Waals surface area (Å²) >= 11 is 0. The van der Waals surface area contributed by atoms with Crippen molar-refractivity contribution in [3.05, 3.63) is 53.6 Å². The Kier molecular flexibility index (Phi) is 9.69. The number of halogens is 2. The minimum Gasteiger partial charge on any atom is -0.370 e. The summed E-state index contributed by atoms with van der Waals surface area (Å²) in [4.78, 5) is 27.4. The number of hydrogen-bond acceptors (Lipinski definition) is 5. The van der Waals surface area contributed by atoms with Crippen LogP contribution < -0.4 is 27.2 Å². The van der Waals surface area contributed by atoms with Crippen molar-refractivity contribution in [2.45, 2.75) is 49.1 Å². The molecule has 13 heteroatoms. The molecule has 10 nitrogen and oxygen atoms in total. The fraction of sp³-hybridized carbons (Fsp3) is 0.381. The number of allylic oxidation sites excluding steroid dienone is 3. The van der Waals surface area contributed by atoms with E-state index in [0.717, 1.165) is 36.6 Å². The molecule has 8 N–H and O–H groups in total. The van der Waals surface area contributed by atoms with E-state index in [-0.39, 0.29) is 31.8 Å². The molecule has 0 saturated heterocycles. The molecule has 1 aliphatic rings. The lowest BCUT2D eigenvalue weighted by Crippen LogP contribution is -2.53. The SMILES string of the molecule is NC(=O)C(CC1=CCCC=C1)NC(=O)C(CCCN=C(N)N)NS(=O)(=O)c1c(F)cccc1F. The largest absolute Gasteiger partial charge is 0.370 e. The van der Waals surface area contributed by atoms with E-state index in [1.165, 1.54) is 0 Å². The maximum atomic E-state index is 14.1. The van der Waals surface area contributed by atoms with Gasteiger partial charge in [-0.3, -0.25) is 14.6 Å². The fourth-order valence-electron chi connectivity index (χ4n) is 3.28. The molecule has 0 heterocycles. The van der Waals surface area contributed by atoms with E-state index in [1.54, 1.807) is 0 Å². The van der Waals surface area contributed by atoms with Gasteiger partial charge in [-0.05, 0) is 43.4 Å². The zero-order valence-electron chi connectivity index (χ0n) is 18.3. The number of hydrogen-bond donors (Lipinski definition) is 5. The normalized spacial score (nSPS) is 15.2. The average Bonchev–Trinajstić information content (AvgIpc) is 2.75. The summed E-state index contributed by atoms with van der Waals surface area (Å²) in [5.41, 5.74) is 16.7. The first kappa shape index (κ1) is 26.9. The zero-order chi connectivity index (χ0) is 25.3. The molecule has 1 aliphatic carbocycles. The Morgan fingerprint density at radius 3 is 2.32 bits per heavy atom. The van der Waals surface area contributed by atoms with Gasteiger partial charge >= 0.3 is 0 Å². The lowest BCUT2D eigenvalue weighted by Gasteiger charge is -2.22. The maximum absolute atomic E-state index is 14.1. The number of carbonyl (C=O) groups excluding carboxylic acids is 2. The van der Waals surface area contributed by atoms with Gasteiger partial charge in [0.05, 0.1) is 0 Å².